The molecule has 4 nitrogen and oxygen atoms in total. The zero-order valence-electron chi connectivity index (χ0n) is 8.69. The highest BCUT2D eigenvalue weighted by atomic mass is 15.3. The SMILES string of the molecule is Cn1nccc1CN1CCCC(N)C1. The molecule has 1 aromatic heterocycles. The van der Waals surface area contributed by atoms with Gasteiger partial charge in [-0.1, -0.05) is 0 Å². The molecule has 2 rings (SSSR count). The second-order valence-corrected chi connectivity index (χ2v) is 4.08. The van der Waals surface area contributed by atoms with E-state index in [-0.39, 0.29) is 0 Å². The van der Waals surface area contributed by atoms with Gasteiger partial charge in [0.1, 0.15) is 0 Å². The Balaban J connectivity index is 1.94. The first kappa shape index (κ1) is 9.68. The van der Waals surface area contributed by atoms with E-state index in [1.54, 1.807) is 0 Å². The van der Waals surface area contributed by atoms with Crippen molar-refractivity contribution >= 4 is 0 Å². The molecule has 0 bridgehead atoms. The summed E-state index contributed by atoms with van der Waals surface area (Å²) in [7, 11) is 1.99. The largest absolute Gasteiger partial charge is 0.327 e. The average molecular weight is 194 g/mol. The molecule has 14 heavy (non-hydrogen) atoms. The van der Waals surface area contributed by atoms with Gasteiger partial charge in [-0.3, -0.25) is 9.58 Å². The molecule has 4 heteroatoms. The quantitative estimate of drug-likeness (QED) is 0.738. The van der Waals surface area contributed by atoms with Gasteiger partial charge in [-0.2, -0.15) is 5.10 Å². The van der Waals surface area contributed by atoms with Crippen molar-refractivity contribution in [1.29, 1.82) is 0 Å². The monoisotopic (exact) mass is 194 g/mol. The van der Waals surface area contributed by atoms with E-state index < -0.39 is 0 Å². The number of hydrogen-bond donors (Lipinski definition) is 1. The van der Waals surface area contributed by atoms with Gasteiger partial charge < -0.3 is 5.73 Å². The number of hydrogen-bond acceptors (Lipinski definition) is 3. The highest BCUT2D eigenvalue weighted by molar-refractivity contribution is 5.00. The van der Waals surface area contributed by atoms with Crippen LogP contribution in [0.4, 0.5) is 0 Å². The second kappa shape index (κ2) is 4.11. The van der Waals surface area contributed by atoms with Crippen LogP contribution in [0.2, 0.25) is 0 Å². The Kier molecular flexibility index (Phi) is 2.84. The van der Waals surface area contributed by atoms with Crippen LogP contribution in [0.15, 0.2) is 12.3 Å². The molecular weight excluding hydrogens is 176 g/mol. The number of likely N-dealkylation sites (tertiary alicyclic amines) is 1. The molecule has 1 atom stereocenters. The van der Waals surface area contributed by atoms with Crippen LogP contribution < -0.4 is 5.73 Å². The molecule has 0 spiro atoms. The summed E-state index contributed by atoms with van der Waals surface area (Å²) in [5, 5.41) is 4.16. The first-order chi connectivity index (χ1) is 6.75. The first-order valence-corrected chi connectivity index (χ1v) is 5.20. The Hall–Kier alpha value is -0.870. The highest BCUT2D eigenvalue weighted by Crippen LogP contribution is 2.11. The lowest BCUT2D eigenvalue weighted by molar-refractivity contribution is 0.197. The Morgan fingerprint density at radius 2 is 2.50 bits per heavy atom. The third-order valence-electron chi connectivity index (χ3n) is 2.85. The van der Waals surface area contributed by atoms with Gasteiger partial charge in [-0.25, -0.2) is 0 Å². The summed E-state index contributed by atoms with van der Waals surface area (Å²) in [6.07, 6.45) is 4.24. The molecule has 1 aromatic rings. The lowest BCUT2D eigenvalue weighted by atomic mass is 10.1. The summed E-state index contributed by atoms with van der Waals surface area (Å²) >= 11 is 0. The molecule has 0 aliphatic carbocycles. The Bertz CT molecular complexity index is 294. The molecule has 1 saturated heterocycles. The molecule has 1 fully saturated rings. The van der Waals surface area contributed by atoms with Gasteiger partial charge in [0.05, 0.1) is 5.69 Å². The number of nitrogens with zero attached hydrogens (tertiary/aromatic N) is 3. The zero-order chi connectivity index (χ0) is 9.97. The van der Waals surface area contributed by atoms with Crippen molar-refractivity contribution in [2.24, 2.45) is 12.8 Å². The van der Waals surface area contributed by atoms with E-state index in [2.05, 4.69) is 16.1 Å². The van der Waals surface area contributed by atoms with Crippen molar-refractivity contribution in [3.05, 3.63) is 18.0 Å². The standard InChI is InChI=1S/C10H18N4/c1-13-10(4-5-12-13)8-14-6-2-3-9(11)7-14/h4-5,9H,2-3,6-8,11H2,1H3. The van der Waals surface area contributed by atoms with Crippen molar-refractivity contribution in [3.8, 4) is 0 Å². The van der Waals surface area contributed by atoms with E-state index >= 15 is 0 Å². The predicted octanol–water partition coefficient (Wildman–Crippen LogP) is 0.343. The molecule has 0 amide bonds. The smallest absolute Gasteiger partial charge is 0.0521 e. The van der Waals surface area contributed by atoms with Crippen LogP contribution in [0.25, 0.3) is 0 Å². The maximum atomic E-state index is 5.93. The van der Waals surface area contributed by atoms with Gasteiger partial charge in [-0.15, -0.1) is 0 Å². The Labute approximate surface area is 84.7 Å². The van der Waals surface area contributed by atoms with Crippen LogP contribution in [0.5, 0.6) is 0 Å². The second-order valence-electron chi connectivity index (χ2n) is 4.08. The molecule has 0 radical (unpaired) electrons. The van der Waals surface area contributed by atoms with Crippen molar-refractivity contribution in [3.63, 3.8) is 0 Å². The average Bonchev–Trinajstić information content (AvgIpc) is 2.52. The molecule has 2 N–H and O–H groups in total. The van der Waals surface area contributed by atoms with E-state index in [1.807, 2.05) is 17.9 Å². The van der Waals surface area contributed by atoms with E-state index in [9.17, 15) is 0 Å². The number of aryl methyl sites for hydroxylation is 1. The summed E-state index contributed by atoms with van der Waals surface area (Å²) in [6.45, 7) is 3.16. The minimum Gasteiger partial charge on any atom is -0.327 e. The Morgan fingerprint density at radius 1 is 1.64 bits per heavy atom. The lowest BCUT2D eigenvalue weighted by Gasteiger charge is -2.30. The lowest BCUT2D eigenvalue weighted by Crippen LogP contribution is -2.42. The molecular formula is C10H18N4. The molecule has 78 valence electrons. The van der Waals surface area contributed by atoms with Crippen LogP contribution in [-0.4, -0.2) is 33.8 Å². The fraction of sp³-hybridized carbons (Fsp3) is 0.700. The third-order valence-corrected chi connectivity index (χ3v) is 2.85. The number of aromatic nitrogens is 2. The summed E-state index contributed by atoms with van der Waals surface area (Å²) in [6, 6.07) is 2.43. The molecule has 1 unspecified atom stereocenters. The van der Waals surface area contributed by atoms with Crippen molar-refractivity contribution in [2.45, 2.75) is 25.4 Å². The summed E-state index contributed by atoms with van der Waals surface area (Å²) in [5.41, 5.74) is 7.19. The maximum absolute atomic E-state index is 5.93. The van der Waals surface area contributed by atoms with E-state index in [1.165, 1.54) is 25.1 Å². The third kappa shape index (κ3) is 2.13. The fourth-order valence-electron chi connectivity index (χ4n) is 2.02. The van der Waals surface area contributed by atoms with E-state index in [0.29, 0.717) is 6.04 Å². The molecule has 2 heterocycles. The van der Waals surface area contributed by atoms with Crippen LogP contribution >= 0.6 is 0 Å². The number of nitrogens with two attached hydrogens (primary N) is 1. The van der Waals surface area contributed by atoms with E-state index in [0.717, 1.165) is 13.1 Å². The molecule has 1 aliphatic rings. The van der Waals surface area contributed by atoms with Crippen LogP contribution in [0, 0.1) is 0 Å². The Morgan fingerprint density at radius 3 is 3.14 bits per heavy atom. The maximum Gasteiger partial charge on any atom is 0.0521 e. The van der Waals surface area contributed by atoms with Gasteiger partial charge >= 0.3 is 0 Å². The normalized spacial score (nSPS) is 24.0. The molecule has 0 saturated carbocycles. The van der Waals surface area contributed by atoms with Gasteiger partial charge in [0, 0.05) is 32.4 Å². The fourth-order valence-corrected chi connectivity index (χ4v) is 2.02. The summed E-state index contributed by atoms with van der Waals surface area (Å²) in [5.74, 6) is 0. The minimum absolute atomic E-state index is 0.358. The van der Waals surface area contributed by atoms with Gasteiger partial charge in [0.25, 0.3) is 0 Å². The van der Waals surface area contributed by atoms with Crippen LogP contribution in [0.3, 0.4) is 0 Å². The number of piperidine rings is 1. The predicted molar refractivity (Wildman–Crippen MR) is 55.7 cm³/mol. The van der Waals surface area contributed by atoms with Gasteiger partial charge in [-0.05, 0) is 25.5 Å². The van der Waals surface area contributed by atoms with Crippen molar-refractivity contribution in [1.82, 2.24) is 14.7 Å². The van der Waals surface area contributed by atoms with Crippen LogP contribution in [0.1, 0.15) is 18.5 Å². The summed E-state index contributed by atoms with van der Waals surface area (Å²) < 4.78 is 1.93. The topological polar surface area (TPSA) is 47.1 Å². The highest BCUT2D eigenvalue weighted by Gasteiger charge is 2.17. The van der Waals surface area contributed by atoms with Gasteiger partial charge in [0.2, 0.25) is 0 Å². The van der Waals surface area contributed by atoms with E-state index in [4.69, 9.17) is 5.73 Å². The first-order valence-electron chi connectivity index (χ1n) is 5.20. The van der Waals surface area contributed by atoms with Crippen LogP contribution in [-0.2, 0) is 13.6 Å². The molecule has 0 aromatic carbocycles. The van der Waals surface area contributed by atoms with Crippen molar-refractivity contribution < 1.29 is 0 Å². The van der Waals surface area contributed by atoms with Gasteiger partial charge in [0.15, 0.2) is 0 Å². The minimum atomic E-state index is 0.358. The molecule has 1 aliphatic heterocycles. The zero-order valence-corrected chi connectivity index (χ0v) is 8.69. The summed E-state index contributed by atoms with van der Waals surface area (Å²) in [4.78, 5) is 2.41. The number of rotatable bonds is 2. The van der Waals surface area contributed by atoms with Crippen molar-refractivity contribution in [2.75, 3.05) is 13.1 Å².